The summed E-state index contributed by atoms with van der Waals surface area (Å²) in [4.78, 5) is 12.0. The van der Waals surface area contributed by atoms with Crippen molar-refractivity contribution in [2.24, 2.45) is 5.73 Å². The highest BCUT2D eigenvalue weighted by Crippen LogP contribution is 2.13. The van der Waals surface area contributed by atoms with Gasteiger partial charge in [0.25, 0.3) is 0 Å². The van der Waals surface area contributed by atoms with E-state index in [9.17, 15) is 4.79 Å². The molecule has 112 valence electrons. The van der Waals surface area contributed by atoms with Gasteiger partial charge in [0.15, 0.2) is 0 Å². The maximum atomic E-state index is 12.0. The summed E-state index contributed by atoms with van der Waals surface area (Å²) in [7, 11) is 0. The molecule has 0 fully saturated rings. The molecular weight excluding hydrogens is 264 g/mol. The zero-order chi connectivity index (χ0) is 15.1. The van der Waals surface area contributed by atoms with Crippen molar-refractivity contribution < 1.29 is 9.21 Å². The number of rotatable bonds is 7. The van der Waals surface area contributed by atoms with Crippen LogP contribution >= 0.6 is 0 Å². The second-order valence-corrected chi connectivity index (χ2v) is 5.31. The van der Waals surface area contributed by atoms with E-state index in [1.807, 2.05) is 49.4 Å². The van der Waals surface area contributed by atoms with Crippen LogP contribution in [0.5, 0.6) is 0 Å². The number of carbonyl (C=O) groups excluding carboxylic acids is 1. The fourth-order valence-corrected chi connectivity index (χ4v) is 2.24. The van der Waals surface area contributed by atoms with Gasteiger partial charge >= 0.3 is 0 Å². The number of nitrogens with two attached hydrogens (primary N) is 1. The van der Waals surface area contributed by atoms with E-state index in [1.54, 1.807) is 6.26 Å². The number of hydrogen-bond acceptors (Lipinski definition) is 3. The van der Waals surface area contributed by atoms with Gasteiger partial charge in [-0.05, 0) is 31.0 Å². The van der Waals surface area contributed by atoms with Gasteiger partial charge in [-0.2, -0.15) is 0 Å². The van der Waals surface area contributed by atoms with Crippen molar-refractivity contribution in [2.75, 3.05) is 0 Å². The second-order valence-electron chi connectivity index (χ2n) is 5.31. The highest BCUT2D eigenvalue weighted by Gasteiger charge is 2.13. The molecule has 2 atom stereocenters. The number of nitrogens with one attached hydrogen (secondary N) is 1. The summed E-state index contributed by atoms with van der Waals surface area (Å²) >= 11 is 0. The van der Waals surface area contributed by atoms with Crippen molar-refractivity contribution in [3.63, 3.8) is 0 Å². The number of amides is 1. The van der Waals surface area contributed by atoms with Crippen molar-refractivity contribution in [3.8, 4) is 0 Å². The van der Waals surface area contributed by atoms with E-state index in [4.69, 9.17) is 10.2 Å². The monoisotopic (exact) mass is 286 g/mol. The standard InChI is InChI=1S/C17H22N2O2/c1-13(9-10-15-8-5-11-21-15)19-17(20)12-16(18)14-6-3-2-4-7-14/h2-8,11,13,16H,9-10,12,18H2,1H3,(H,19,20). The number of benzene rings is 1. The number of aryl methyl sites for hydroxylation is 1. The predicted octanol–water partition coefficient (Wildman–Crippen LogP) is 2.81. The summed E-state index contributed by atoms with van der Waals surface area (Å²) < 4.78 is 5.28. The normalized spacial score (nSPS) is 13.6. The van der Waals surface area contributed by atoms with Crippen LogP contribution < -0.4 is 11.1 Å². The van der Waals surface area contributed by atoms with Crippen LogP contribution in [0.15, 0.2) is 53.1 Å². The van der Waals surface area contributed by atoms with Crippen LogP contribution in [0.4, 0.5) is 0 Å². The molecule has 2 unspecified atom stereocenters. The minimum atomic E-state index is -0.261. The average molecular weight is 286 g/mol. The molecule has 0 saturated carbocycles. The van der Waals surface area contributed by atoms with Crippen molar-refractivity contribution in [1.29, 1.82) is 0 Å². The molecule has 2 aromatic rings. The molecule has 0 spiro atoms. The molecule has 0 radical (unpaired) electrons. The maximum Gasteiger partial charge on any atom is 0.222 e. The Kier molecular flexibility index (Phi) is 5.58. The number of hydrogen-bond donors (Lipinski definition) is 2. The molecule has 21 heavy (non-hydrogen) atoms. The van der Waals surface area contributed by atoms with E-state index in [0.29, 0.717) is 6.42 Å². The first kappa shape index (κ1) is 15.3. The summed E-state index contributed by atoms with van der Waals surface area (Å²) in [5, 5.41) is 2.98. The summed E-state index contributed by atoms with van der Waals surface area (Å²) in [6.45, 7) is 1.99. The first-order chi connectivity index (χ1) is 10.1. The van der Waals surface area contributed by atoms with Crippen molar-refractivity contribution >= 4 is 5.91 Å². The summed E-state index contributed by atoms with van der Waals surface area (Å²) in [6, 6.07) is 13.3. The Morgan fingerprint density at radius 2 is 2.00 bits per heavy atom. The molecule has 0 aliphatic carbocycles. The van der Waals surface area contributed by atoms with E-state index in [1.165, 1.54) is 0 Å². The first-order valence-corrected chi connectivity index (χ1v) is 7.27. The Morgan fingerprint density at radius 3 is 2.67 bits per heavy atom. The molecule has 1 amide bonds. The third kappa shape index (κ3) is 5.08. The quantitative estimate of drug-likeness (QED) is 0.822. The average Bonchev–Trinajstić information content (AvgIpc) is 2.99. The molecule has 0 saturated heterocycles. The van der Waals surface area contributed by atoms with Gasteiger partial charge in [0.05, 0.1) is 6.26 Å². The summed E-state index contributed by atoms with van der Waals surface area (Å²) in [5.74, 6) is 0.926. The predicted molar refractivity (Wildman–Crippen MR) is 82.6 cm³/mol. The fraction of sp³-hybridized carbons (Fsp3) is 0.353. The van der Waals surface area contributed by atoms with Gasteiger partial charge in [-0.3, -0.25) is 4.79 Å². The molecule has 0 aliphatic heterocycles. The van der Waals surface area contributed by atoms with E-state index in [2.05, 4.69) is 5.32 Å². The van der Waals surface area contributed by atoms with Crippen LogP contribution in [0.25, 0.3) is 0 Å². The van der Waals surface area contributed by atoms with Crippen molar-refractivity contribution in [3.05, 3.63) is 60.1 Å². The topological polar surface area (TPSA) is 68.3 Å². The molecule has 1 heterocycles. The molecule has 2 rings (SSSR count). The Bertz CT molecular complexity index is 537. The largest absolute Gasteiger partial charge is 0.469 e. The minimum absolute atomic E-state index is 0.0155. The minimum Gasteiger partial charge on any atom is -0.469 e. The van der Waals surface area contributed by atoms with Crippen LogP contribution in [-0.4, -0.2) is 11.9 Å². The van der Waals surface area contributed by atoms with Crippen LogP contribution in [0.3, 0.4) is 0 Å². The SMILES string of the molecule is CC(CCc1ccco1)NC(=O)CC(N)c1ccccc1. The smallest absolute Gasteiger partial charge is 0.222 e. The van der Waals surface area contributed by atoms with Crippen LogP contribution in [-0.2, 0) is 11.2 Å². The van der Waals surface area contributed by atoms with Gasteiger partial charge in [0.2, 0.25) is 5.91 Å². The van der Waals surface area contributed by atoms with Gasteiger partial charge in [0.1, 0.15) is 5.76 Å². The Morgan fingerprint density at radius 1 is 1.24 bits per heavy atom. The lowest BCUT2D eigenvalue weighted by Crippen LogP contribution is -2.34. The van der Waals surface area contributed by atoms with Gasteiger partial charge in [0, 0.05) is 24.9 Å². The number of furan rings is 1. The Hall–Kier alpha value is -2.07. The molecule has 1 aromatic heterocycles. The second kappa shape index (κ2) is 7.64. The van der Waals surface area contributed by atoms with Crippen LogP contribution in [0.2, 0.25) is 0 Å². The lowest BCUT2D eigenvalue weighted by molar-refractivity contribution is -0.122. The van der Waals surface area contributed by atoms with Crippen LogP contribution in [0, 0.1) is 0 Å². The molecule has 3 N–H and O–H groups in total. The lowest BCUT2D eigenvalue weighted by atomic mass is 10.0. The molecule has 4 heteroatoms. The Balaban J connectivity index is 1.73. The zero-order valence-electron chi connectivity index (χ0n) is 12.3. The Labute approximate surface area is 125 Å². The van der Waals surface area contributed by atoms with Crippen LogP contribution in [0.1, 0.15) is 37.1 Å². The van der Waals surface area contributed by atoms with Gasteiger partial charge in [-0.1, -0.05) is 30.3 Å². The van der Waals surface area contributed by atoms with E-state index in [-0.39, 0.29) is 18.0 Å². The molecule has 4 nitrogen and oxygen atoms in total. The zero-order valence-corrected chi connectivity index (χ0v) is 12.3. The van der Waals surface area contributed by atoms with E-state index in [0.717, 1.165) is 24.2 Å². The molecular formula is C17H22N2O2. The summed E-state index contributed by atoms with van der Waals surface area (Å²) in [5.41, 5.74) is 7.03. The maximum absolute atomic E-state index is 12.0. The third-order valence-electron chi connectivity index (χ3n) is 3.44. The first-order valence-electron chi connectivity index (χ1n) is 7.27. The molecule has 0 bridgehead atoms. The number of carbonyl (C=O) groups is 1. The van der Waals surface area contributed by atoms with E-state index >= 15 is 0 Å². The third-order valence-corrected chi connectivity index (χ3v) is 3.44. The van der Waals surface area contributed by atoms with Gasteiger partial charge in [-0.25, -0.2) is 0 Å². The van der Waals surface area contributed by atoms with E-state index < -0.39 is 0 Å². The highest BCUT2D eigenvalue weighted by molar-refractivity contribution is 5.77. The van der Waals surface area contributed by atoms with Gasteiger partial charge in [-0.15, -0.1) is 0 Å². The lowest BCUT2D eigenvalue weighted by Gasteiger charge is -2.16. The fourth-order valence-electron chi connectivity index (χ4n) is 2.24. The van der Waals surface area contributed by atoms with Gasteiger partial charge < -0.3 is 15.5 Å². The molecule has 0 aliphatic rings. The van der Waals surface area contributed by atoms with Crippen molar-refractivity contribution in [1.82, 2.24) is 5.32 Å². The van der Waals surface area contributed by atoms with Crippen molar-refractivity contribution in [2.45, 2.75) is 38.3 Å². The molecule has 1 aromatic carbocycles. The summed E-state index contributed by atoms with van der Waals surface area (Å²) in [6.07, 6.45) is 3.63. The highest BCUT2D eigenvalue weighted by atomic mass is 16.3.